The van der Waals surface area contributed by atoms with Crippen LogP contribution in [0.3, 0.4) is 0 Å². The van der Waals surface area contributed by atoms with Gasteiger partial charge in [-0.15, -0.1) is 0 Å². The summed E-state index contributed by atoms with van der Waals surface area (Å²) in [5.41, 5.74) is 0.742. The summed E-state index contributed by atoms with van der Waals surface area (Å²) in [6.07, 6.45) is 6.27. The van der Waals surface area contributed by atoms with Crippen LogP contribution in [0.25, 0.3) is 6.08 Å². The summed E-state index contributed by atoms with van der Waals surface area (Å²) >= 11 is 6.59. The molecule has 0 aliphatic carbocycles. The molecule has 122 valence electrons. The molecule has 2 rings (SSSR count). The van der Waals surface area contributed by atoms with Gasteiger partial charge in [0.05, 0.1) is 17.7 Å². The van der Waals surface area contributed by atoms with Gasteiger partial charge in [-0.25, -0.2) is 0 Å². The molecular weight excluding hydrogens is 332 g/mol. The van der Waals surface area contributed by atoms with Crippen LogP contribution in [-0.2, 0) is 14.3 Å². The Morgan fingerprint density at radius 2 is 2.22 bits per heavy atom. The number of carbonyl (C=O) groups excluding carboxylic acids is 2. The lowest BCUT2D eigenvalue weighted by atomic mass is 10.2. The van der Waals surface area contributed by atoms with Crippen LogP contribution in [-0.4, -0.2) is 39.7 Å². The molecule has 1 amide bonds. The zero-order valence-corrected chi connectivity index (χ0v) is 14.5. The number of amides is 1. The molecule has 0 spiro atoms. The second-order valence-corrected chi connectivity index (χ2v) is 6.65. The maximum atomic E-state index is 12.4. The minimum absolute atomic E-state index is 0.0707. The summed E-state index contributed by atoms with van der Waals surface area (Å²) in [5, 5.41) is 0. The van der Waals surface area contributed by atoms with Crippen LogP contribution in [0.4, 0.5) is 0 Å². The van der Waals surface area contributed by atoms with E-state index in [1.165, 1.54) is 18.9 Å². The Labute approximate surface area is 145 Å². The number of unbranched alkanes of at least 4 members (excludes halogenated alkanes) is 2. The molecule has 0 saturated carbocycles. The van der Waals surface area contributed by atoms with Gasteiger partial charge in [-0.3, -0.25) is 19.5 Å². The Bertz CT molecular complexity index is 617. The van der Waals surface area contributed by atoms with Crippen molar-refractivity contribution in [2.75, 3.05) is 13.7 Å². The van der Waals surface area contributed by atoms with Crippen LogP contribution >= 0.6 is 24.0 Å². The number of thioether (sulfide) groups is 1. The summed E-state index contributed by atoms with van der Waals surface area (Å²) in [6.45, 7) is 0.575. The number of esters is 1. The molecular formula is C16H18N2O3S2. The van der Waals surface area contributed by atoms with Gasteiger partial charge in [0.25, 0.3) is 5.91 Å². The quantitative estimate of drug-likeness (QED) is 0.326. The molecule has 5 nitrogen and oxygen atoms in total. The van der Waals surface area contributed by atoms with Crippen molar-refractivity contribution in [2.24, 2.45) is 0 Å². The van der Waals surface area contributed by atoms with Gasteiger partial charge < -0.3 is 4.74 Å². The Morgan fingerprint density at radius 1 is 1.39 bits per heavy atom. The number of nitrogens with zero attached hydrogens (tertiary/aromatic N) is 2. The molecule has 1 aromatic heterocycles. The van der Waals surface area contributed by atoms with Gasteiger partial charge in [-0.1, -0.05) is 36.5 Å². The van der Waals surface area contributed by atoms with Gasteiger partial charge >= 0.3 is 5.97 Å². The van der Waals surface area contributed by atoms with Crippen molar-refractivity contribution >= 4 is 46.3 Å². The summed E-state index contributed by atoms with van der Waals surface area (Å²) in [6, 6.07) is 5.55. The number of thiocarbonyl (C=S) groups is 1. The number of methoxy groups -OCH3 is 1. The van der Waals surface area contributed by atoms with E-state index in [0.29, 0.717) is 22.2 Å². The lowest BCUT2D eigenvalue weighted by Gasteiger charge is -2.13. The second kappa shape index (κ2) is 8.79. The molecule has 7 heteroatoms. The minimum Gasteiger partial charge on any atom is -0.469 e. The second-order valence-electron chi connectivity index (χ2n) is 4.97. The van der Waals surface area contributed by atoms with Crippen LogP contribution in [0, 0.1) is 0 Å². The Kier molecular flexibility index (Phi) is 6.73. The molecule has 0 bridgehead atoms. The van der Waals surface area contributed by atoms with E-state index in [0.717, 1.165) is 25.0 Å². The fourth-order valence-electron chi connectivity index (χ4n) is 2.11. The Balaban J connectivity index is 1.84. The summed E-state index contributed by atoms with van der Waals surface area (Å²) in [7, 11) is 1.39. The highest BCUT2D eigenvalue weighted by Gasteiger charge is 2.31. The van der Waals surface area contributed by atoms with Crippen molar-refractivity contribution in [3.63, 3.8) is 0 Å². The number of ether oxygens (including phenoxy) is 1. The SMILES string of the molecule is COC(=O)CCCCCN1C(=O)/C(=C/c2ccccn2)SC1=S. The highest BCUT2D eigenvalue weighted by molar-refractivity contribution is 8.26. The highest BCUT2D eigenvalue weighted by Crippen LogP contribution is 2.32. The molecule has 0 atom stereocenters. The number of rotatable bonds is 7. The first-order chi connectivity index (χ1) is 11.1. The van der Waals surface area contributed by atoms with E-state index >= 15 is 0 Å². The number of pyridine rings is 1. The molecule has 0 N–H and O–H groups in total. The average Bonchev–Trinajstić information content (AvgIpc) is 2.82. The smallest absolute Gasteiger partial charge is 0.305 e. The first-order valence-corrected chi connectivity index (χ1v) is 8.57. The maximum Gasteiger partial charge on any atom is 0.305 e. The standard InChI is InChI=1S/C16H18N2O3S2/c1-21-14(19)8-3-2-6-10-18-15(20)13(23-16(18)22)11-12-7-4-5-9-17-12/h4-5,7,9,11H,2-3,6,8,10H2,1H3/b13-11-. The van der Waals surface area contributed by atoms with Gasteiger partial charge in [-0.2, -0.15) is 0 Å². The monoisotopic (exact) mass is 350 g/mol. The van der Waals surface area contributed by atoms with Crippen LogP contribution in [0.5, 0.6) is 0 Å². The zero-order chi connectivity index (χ0) is 16.7. The van der Waals surface area contributed by atoms with Gasteiger partial charge in [0.1, 0.15) is 4.32 Å². The number of hydrogen-bond acceptors (Lipinski definition) is 6. The van der Waals surface area contributed by atoms with Gasteiger partial charge in [0, 0.05) is 19.2 Å². The first-order valence-electron chi connectivity index (χ1n) is 7.35. The Hall–Kier alpha value is -1.73. The molecule has 1 fully saturated rings. The average molecular weight is 350 g/mol. The molecule has 1 aromatic rings. The summed E-state index contributed by atoms with van der Waals surface area (Å²) in [5.74, 6) is -0.271. The van der Waals surface area contributed by atoms with Gasteiger partial charge in [0.15, 0.2) is 0 Å². The van der Waals surface area contributed by atoms with Crippen molar-refractivity contribution in [3.8, 4) is 0 Å². The van der Waals surface area contributed by atoms with Gasteiger partial charge in [-0.05, 0) is 31.1 Å². The molecule has 2 heterocycles. The lowest BCUT2D eigenvalue weighted by Crippen LogP contribution is -2.29. The van der Waals surface area contributed by atoms with Crippen molar-refractivity contribution in [2.45, 2.75) is 25.7 Å². The predicted octanol–water partition coefficient (Wildman–Crippen LogP) is 3.02. The fourth-order valence-corrected chi connectivity index (χ4v) is 3.40. The summed E-state index contributed by atoms with van der Waals surface area (Å²) in [4.78, 5) is 29.8. The molecule has 0 radical (unpaired) electrons. The van der Waals surface area contributed by atoms with Crippen LogP contribution in [0.15, 0.2) is 29.3 Å². The molecule has 0 aromatic carbocycles. The molecule has 23 heavy (non-hydrogen) atoms. The molecule has 0 unspecified atom stereocenters. The van der Waals surface area contributed by atoms with E-state index in [2.05, 4.69) is 9.72 Å². The van der Waals surface area contributed by atoms with E-state index in [-0.39, 0.29) is 11.9 Å². The third-order valence-electron chi connectivity index (χ3n) is 3.33. The number of hydrogen-bond donors (Lipinski definition) is 0. The number of carbonyl (C=O) groups is 2. The topological polar surface area (TPSA) is 59.5 Å². The minimum atomic E-state index is -0.200. The zero-order valence-electron chi connectivity index (χ0n) is 12.9. The molecule has 1 aliphatic rings. The van der Waals surface area contributed by atoms with Gasteiger partial charge in [0.2, 0.25) is 0 Å². The predicted molar refractivity (Wildman–Crippen MR) is 94.6 cm³/mol. The molecule has 1 aliphatic heterocycles. The van der Waals surface area contributed by atoms with Crippen molar-refractivity contribution in [1.82, 2.24) is 9.88 Å². The largest absolute Gasteiger partial charge is 0.469 e. The molecule has 1 saturated heterocycles. The van der Waals surface area contributed by atoms with Crippen LogP contribution in [0.2, 0.25) is 0 Å². The lowest BCUT2D eigenvalue weighted by molar-refractivity contribution is -0.140. The third-order valence-corrected chi connectivity index (χ3v) is 4.71. The number of aromatic nitrogens is 1. The van der Waals surface area contributed by atoms with E-state index < -0.39 is 0 Å². The van der Waals surface area contributed by atoms with Crippen LogP contribution < -0.4 is 0 Å². The first kappa shape index (κ1) is 17.6. The van der Waals surface area contributed by atoms with Crippen molar-refractivity contribution < 1.29 is 14.3 Å². The maximum absolute atomic E-state index is 12.4. The van der Waals surface area contributed by atoms with E-state index in [4.69, 9.17) is 12.2 Å². The fraction of sp³-hybridized carbons (Fsp3) is 0.375. The van der Waals surface area contributed by atoms with E-state index in [1.54, 1.807) is 17.2 Å². The normalized spacial score (nSPS) is 16.2. The van der Waals surface area contributed by atoms with E-state index in [9.17, 15) is 9.59 Å². The van der Waals surface area contributed by atoms with E-state index in [1.807, 2.05) is 18.2 Å². The van der Waals surface area contributed by atoms with Crippen molar-refractivity contribution in [3.05, 3.63) is 35.0 Å². The van der Waals surface area contributed by atoms with Crippen LogP contribution in [0.1, 0.15) is 31.4 Å². The Morgan fingerprint density at radius 3 is 2.91 bits per heavy atom. The third kappa shape index (κ3) is 5.14. The van der Waals surface area contributed by atoms with Crippen molar-refractivity contribution in [1.29, 1.82) is 0 Å². The summed E-state index contributed by atoms with van der Waals surface area (Å²) < 4.78 is 5.17. The highest BCUT2D eigenvalue weighted by atomic mass is 32.2.